The molecule has 0 saturated carbocycles. The summed E-state index contributed by atoms with van der Waals surface area (Å²) >= 11 is 0. The van der Waals surface area contributed by atoms with Gasteiger partial charge >= 0.3 is 0 Å². The van der Waals surface area contributed by atoms with Gasteiger partial charge in [-0.1, -0.05) is 6.42 Å². The second-order valence-electron chi connectivity index (χ2n) is 4.76. The van der Waals surface area contributed by atoms with Crippen LogP contribution in [0.2, 0.25) is 0 Å². The third kappa shape index (κ3) is 4.71. The molecule has 0 aromatic heterocycles. The van der Waals surface area contributed by atoms with Gasteiger partial charge in [0.15, 0.2) is 0 Å². The average molecular weight is 228 g/mol. The van der Waals surface area contributed by atoms with Gasteiger partial charge in [-0.05, 0) is 56.9 Å². The Balaban J connectivity index is 2.40. The zero-order valence-corrected chi connectivity index (χ0v) is 9.76. The fraction of sp³-hybridized carbons (Fsp3) is 0.538. The van der Waals surface area contributed by atoms with Gasteiger partial charge < -0.3 is 5.11 Å². The van der Waals surface area contributed by atoms with Crippen molar-refractivity contribution in [1.29, 1.82) is 0 Å². The van der Waals surface area contributed by atoms with Crippen molar-refractivity contribution in [2.75, 3.05) is 0 Å². The molecule has 1 N–H and O–H groups in total. The SMILES string of the molecule is CC(C)(O)CCCCc1cc(F)ccc1F. The lowest BCUT2D eigenvalue weighted by molar-refractivity contribution is 0.0682. The van der Waals surface area contributed by atoms with E-state index in [9.17, 15) is 13.9 Å². The summed E-state index contributed by atoms with van der Waals surface area (Å²) in [5, 5.41) is 9.48. The van der Waals surface area contributed by atoms with Crippen molar-refractivity contribution in [2.24, 2.45) is 0 Å². The molecule has 0 aliphatic rings. The lowest BCUT2D eigenvalue weighted by Gasteiger charge is -2.16. The maximum Gasteiger partial charge on any atom is 0.126 e. The summed E-state index contributed by atoms with van der Waals surface area (Å²) in [5.41, 5.74) is -0.267. The number of hydrogen-bond donors (Lipinski definition) is 1. The van der Waals surface area contributed by atoms with Gasteiger partial charge in [0.05, 0.1) is 5.60 Å². The topological polar surface area (TPSA) is 20.2 Å². The molecule has 0 radical (unpaired) electrons. The van der Waals surface area contributed by atoms with Gasteiger partial charge in [-0.15, -0.1) is 0 Å². The van der Waals surface area contributed by atoms with Crippen molar-refractivity contribution in [1.82, 2.24) is 0 Å². The van der Waals surface area contributed by atoms with Gasteiger partial charge in [-0.3, -0.25) is 0 Å². The van der Waals surface area contributed by atoms with Crippen LogP contribution < -0.4 is 0 Å². The van der Waals surface area contributed by atoms with E-state index in [0.717, 1.165) is 25.0 Å². The minimum atomic E-state index is -0.680. The van der Waals surface area contributed by atoms with Crippen molar-refractivity contribution in [2.45, 2.75) is 45.1 Å². The first-order valence-corrected chi connectivity index (χ1v) is 5.55. The summed E-state index contributed by atoms with van der Waals surface area (Å²) in [6, 6.07) is 3.51. The van der Waals surface area contributed by atoms with E-state index in [4.69, 9.17) is 0 Å². The highest BCUT2D eigenvalue weighted by Crippen LogP contribution is 2.16. The quantitative estimate of drug-likeness (QED) is 0.765. The second kappa shape index (κ2) is 5.39. The van der Waals surface area contributed by atoms with Gasteiger partial charge in [0.1, 0.15) is 11.6 Å². The van der Waals surface area contributed by atoms with E-state index in [1.165, 1.54) is 6.07 Å². The van der Waals surface area contributed by atoms with Crippen LogP contribution in [0, 0.1) is 11.6 Å². The van der Waals surface area contributed by atoms with Crippen LogP contribution in [0.4, 0.5) is 8.78 Å². The molecule has 1 aromatic carbocycles. The van der Waals surface area contributed by atoms with E-state index < -0.39 is 11.4 Å². The largest absolute Gasteiger partial charge is 0.390 e. The van der Waals surface area contributed by atoms with Crippen LogP contribution in [0.25, 0.3) is 0 Å². The molecule has 90 valence electrons. The van der Waals surface area contributed by atoms with Crippen LogP contribution in [0.5, 0.6) is 0 Å². The standard InChI is InChI=1S/C13H18F2O/c1-13(2,16)8-4-3-5-10-9-11(14)6-7-12(10)15/h6-7,9,16H,3-5,8H2,1-2H3. The van der Waals surface area contributed by atoms with E-state index in [1.54, 1.807) is 13.8 Å². The molecule has 0 saturated heterocycles. The minimum Gasteiger partial charge on any atom is -0.390 e. The fourth-order valence-electron chi connectivity index (χ4n) is 1.61. The third-order valence-corrected chi connectivity index (χ3v) is 2.49. The first-order chi connectivity index (χ1) is 7.38. The maximum absolute atomic E-state index is 13.2. The Labute approximate surface area is 95.1 Å². The summed E-state index contributed by atoms with van der Waals surface area (Å²) in [4.78, 5) is 0. The molecule has 0 unspecified atom stereocenters. The van der Waals surface area contributed by atoms with Gasteiger partial charge in [0, 0.05) is 0 Å². The molecule has 3 heteroatoms. The molecule has 0 spiro atoms. The first-order valence-electron chi connectivity index (χ1n) is 5.55. The van der Waals surface area contributed by atoms with E-state index in [2.05, 4.69) is 0 Å². The highest BCUT2D eigenvalue weighted by atomic mass is 19.1. The number of aryl methyl sites for hydroxylation is 1. The zero-order chi connectivity index (χ0) is 12.2. The van der Waals surface area contributed by atoms with E-state index in [0.29, 0.717) is 18.4 Å². The first kappa shape index (κ1) is 13.1. The average Bonchev–Trinajstić information content (AvgIpc) is 2.16. The third-order valence-electron chi connectivity index (χ3n) is 2.49. The van der Waals surface area contributed by atoms with Crippen LogP contribution in [-0.2, 0) is 6.42 Å². The number of rotatable bonds is 5. The summed E-state index contributed by atoms with van der Waals surface area (Å²) < 4.78 is 26.1. The van der Waals surface area contributed by atoms with Gasteiger partial charge in [0.25, 0.3) is 0 Å². The normalized spacial score (nSPS) is 11.8. The van der Waals surface area contributed by atoms with Crippen molar-refractivity contribution < 1.29 is 13.9 Å². The van der Waals surface area contributed by atoms with E-state index in [1.807, 2.05) is 0 Å². The van der Waals surface area contributed by atoms with Crippen LogP contribution in [0.15, 0.2) is 18.2 Å². The molecule has 16 heavy (non-hydrogen) atoms. The minimum absolute atomic E-state index is 0.357. The summed E-state index contributed by atoms with van der Waals surface area (Å²) in [5.74, 6) is -0.761. The number of aliphatic hydroxyl groups is 1. The molecule has 0 fully saturated rings. The molecule has 1 aromatic rings. The smallest absolute Gasteiger partial charge is 0.126 e. The number of benzene rings is 1. The van der Waals surface area contributed by atoms with Gasteiger partial charge in [-0.2, -0.15) is 0 Å². The predicted octanol–water partition coefficient (Wildman–Crippen LogP) is 3.45. The Morgan fingerprint density at radius 1 is 1.19 bits per heavy atom. The zero-order valence-electron chi connectivity index (χ0n) is 9.76. The molecular formula is C13H18F2O. The van der Waals surface area contributed by atoms with E-state index in [-0.39, 0.29) is 5.82 Å². The summed E-state index contributed by atoms with van der Waals surface area (Å²) in [6.07, 6.45) is 2.74. The van der Waals surface area contributed by atoms with Crippen LogP contribution in [0.3, 0.4) is 0 Å². The monoisotopic (exact) mass is 228 g/mol. The van der Waals surface area contributed by atoms with Crippen LogP contribution >= 0.6 is 0 Å². The lowest BCUT2D eigenvalue weighted by atomic mass is 9.99. The van der Waals surface area contributed by atoms with Crippen LogP contribution in [0.1, 0.15) is 38.7 Å². The molecular weight excluding hydrogens is 210 g/mol. The molecule has 0 atom stereocenters. The molecule has 0 bridgehead atoms. The van der Waals surface area contributed by atoms with Gasteiger partial charge in [-0.25, -0.2) is 8.78 Å². The van der Waals surface area contributed by atoms with Crippen molar-refractivity contribution in [3.63, 3.8) is 0 Å². The van der Waals surface area contributed by atoms with E-state index >= 15 is 0 Å². The lowest BCUT2D eigenvalue weighted by Crippen LogP contribution is -2.17. The molecule has 0 amide bonds. The molecule has 0 heterocycles. The summed E-state index contributed by atoms with van der Waals surface area (Å²) in [6.45, 7) is 3.49. The molecule has 0 aliphatic carbocycles. The number of hydrogen-bond acceptors (Lipinski definition) is 1. The van der Waals surface area contributed by atoms with Crippen molar-refractivity contribution in [3.05, 3.63) is 35.4 Å². The Morgan fingerprint density at radius 2 is 1.88 bits per heavy atom. The maximum atomic E-state index is 13.2. The number of halogens is 2. The Morgan fingerprint density at radius 3 is 2.50 bits per heavy atom. The molecule has 0 aliphatic heterocycles. The predicted molar refractivity (Wildman–Crippen MR) is 60.2 cm³/mol. The number of unbranched alkanes of at least 4 members (excludes halogenated alkanes) is 1. The van der Waals surface area contributed by atoms with Crippen LogP contribution in [-0.4, -0.2) is 10.7 Å². The Hall–Kier alpha value is -0.960. The summed E-state index contributed by atoms with van der Waals surface area (Å²) in [7, 11) is 0. The molecule has 1 rings (SSSR count). The van der Waals surface area contributed by atoms with Crippen molar-refractivity contribution in [3.8, 4) is 0 Å². The Bertz CT molecular complexity index is 342. The van der Waals surface area contributed by atoms with Crippen molar-refractivity contribution >= 4 is 0 Å². The van der Waals surface area contributed by atoms with Gasteiger partial charge in [0.2, 0.25) is 0 Å². The highest BCUT2D eigenvalue weighted by Gasteiger charge is 2.11. The molecule has 1 nitrogen and oxygen atoms in total. The Kier molecular flexibility index (Phi) is 4.42. The second-order valence-corrected chi connectivity index (χ2v) is 4.76. The highest BCUT2D eigenvalue weighted by molar-refractivity contribution is 5.18. The fourth-order valence-corrected chi connectivity index (χ4v) is 1.61.